The maximum absolute atomic E-state index is 12.6. The van der Waals surface area contributed by atoms with Crippen LogP contribution in [0.15, 0.2) is 114 Å². The quantitative estimate of drug-likeness (QED) is 0.280. The van der Waals surface area contributed by atoms with Gasteiger partial charge in [0.25, 0.3) is 15.9 Å². The third kappa shape index (κ3) is 6.46. The Kier molecular flexibility index (Phi) is 7.08. The van der Waals surface area contributed by atoms with Crippen LogP contribution in [0.4, 0.5) is 27.5 Å². The van der Waals surface area contributed by atoms with Crippen molar-refractivity contribution in [1.29, 1.82) is 0 Å². The second kappa shape index (κ2) is 10.5. The number of rotatable bonds is 7. The first-order valence-corrected chi connectivity index (χ1v) is 12.1. The maximum atomic E-state index is 12.6. The molecule has 0 fully saturated rings. The van der Waals surface area contributed by atoms with Crippen molar-refractivity contribution < 1.29 is 18.0 Å². The van der Waals surface area contributed by atoms with Crippen molar-refractivity contribution in [2.75, 3.05) is 20.7 Å². The molecule has 8 nitrogen and oxygen atoms in total. The van der Waals surface area contributed by atoms with Gasteiger partial charge in [-0.15, -0.1) is 0 Å². The molecule has 0 atom stereocenters. The van der Waals surface area contributed by atoms with Gasteiger partial charge in [0.15, 0.2) is 0 Å². The van der Waals surface area contributed by atoms with Gasteiger partial charge >= 0.3 is 6.03 Å². The highest BCUT2D eigenvalue weighted by atomic mass is 32.2. The molecule has 0 heterocycles. The van der Waals surface area contributed by atoms with Crippen molar-refractivity contribution in [1.82, 2.24) is 0 Å². The summed E-state index contributed by atoms with van der Waals surface area (Å²) in [4.78, 5) is 24.8. The predicted octanol–water partition coefficient (Wildman–Crippen LogP) is 5.38. The molecule has 0 aliphatic rings. The van der Waals surface area contributed by atoms with Gasteiger partial charge in [0.1, 0.15) is 0 Å². The van der Waals surface area contributed by atoms with Gasteiger partial charge in [-0.25, -0.2) is 13.2 Å². The third-order valence-electron chi connectivity index (χ3n) is 4.89. The number of benzene rings is 4. The SMILES string of the molecule is O=C(Nc1ccccc1)Nc1ccc(NC(=O)c2ccc(NS(=O)(=O)c3ccccc3)cc2)cc1. The van der Waals surface area contributed by atoms with E-state index in [1.807, 2.05) is 18.2 Å². The fourth-order valence-electron chi connectivity index (χ4n) is 3.16. The van der Waals surface area contributed by atoms with Crippen LogP contribution in [0, 0.1) is 0 Å². The van der Waals surface area contributed by atoms with E-state index in [-0.39, 0.29) is 16.8 Å². The van der Waals surface area contributed by atoms with Gasteiger partial charge in [0.05, 0.1) is 4.90 Å². The summed E-state index contributed by atoms with van der Waals surface area (Å²) in [7, 11) is -3.71. The number of carbonyl (C=O) groups excluding carboxylic acids is 2. The number of sulfonamides is 1. The lowest BCUT2D eigenvalue weighted by Gasteiger charge is -2.10. The summed E-state index contributed by atoms with van der Waals surface area (Å²) in [6.45, 7) is 0. The first kappa shape index (κ1) is 23.5. The normalized spacial score (nSPS) is 10.7. The lowest BCUT2D eigenvalue weighted by Crippen LogP contribution is -2.19. The van der Waals surface area contributed by atoms with E-state index in [0.29, 0.717) is 28.3 Å². The number of carbonyl (C=O) groups is 2. The van der Waals surface area contributed by atoms with Crippen LogP contribution in [0.1, 0.15) is 10.4 Å². The largest absolute Gasteiger partial charge is 0.323 e. The Labute approximate surface area is 203 Å². The summed E-state index contributed by atoms with van der Waals surface area (Å²) < 4.78 is 27.3. The molecule has 0 aromatic heterocycles. The average Bonchev–Trinajstić information content (AvgIpc) is 2.86. The minimum absolute atomic E-state index is 0.150. The van der Waals surface area contributed by atoms with Crippen molar-refractivity contribution in [3.05, 3.63) is 115 Å². The second-order valence-electron chi connectivity index (χ2n) is 7.47. The topological polar surface area (TPSA) is 116 Å². The molecular weight excluding hydrogens is 464 g/mol. The molecule has 0 aliphatic heterocycles. The minimum Gasteiger partial charge on any atom is -0.322 e. The maximum Gasteiger partial charge on any atom is 0.323 e. The fourth-order valence-corrected chi connectivity index (χ4v) is 4.24. The summed E-state index contributed by atoms with van der Waals surface area (Å²) >= 11 is 0. The number of nitrogens with one attached hydrogen (secondary N) is 4. The zero-order valence-electron chi connectivity index (χ0n) is 18.4. The molecule has 4 aromatic carbocycles. The molecule has 0 saturated heterocycles. The average molecular weight is 487 g/mol. The molecule has 0 bridgehead atoms. The van der Waals surface area contributed by atoms with Crippen molar-refractivity contribution in [3.63, 3.8) is 0 Å². The molecule has 4 N–H and O–H groups in total. The number of anilines is 4. The first-order valence-electron chi connectivity index (χ1n) is 10.6. The van der Waals surface area contributed by atoms with Gasteiger partial charge in [-0.05, 0) is 72.8 Å². The zero-order valence-corrected chi connectivity index (χ0v) is 19.3. The van der Waals surface area contributed by atoms with Crippen LogP contribution in [0.2, 0.25) is 0 Å². The molecule has 35 heavy (non-hydrogen) atoms. The Morgan fingerprint density at radius 1 is 0.514 bits per heavy atom. The second-order valence-corrected chi connectivity index (χ2v) is 9.15. The van der Waals surface area contributed by atoms with Gasteiger partial charge < -0.3 is 16.0 Å². The van der Waals surface area contributed by atoms with E-state index in [1.165, 1.54) is 36.4 Å². The monoisotopic (exact) mass is 486 g/mol. The zero-order chi connectivity index (χ0) is 24.7. The van der Waals surface area contributed by atoms with Crippen LogP contribution in [0.5, 0.6) is 0 Å². The fraction of sp³-hybridized carbons (Fsp3) is 0. The van der Waals surface area contributed by atoms with Crippen molar-refractivity contribution >= 4 is 44.7 Å². The van der Waals surface area contributed by atoms with Gasteiger partial charge in [-0.2, -0.15) is 0 Å². The Morgan fingerprint density at radius 2 is 0.971 bits per heavy atom. The lowest BCUT2D eigenvalue weighted by atomic mass is 10.2. The summed E-state index contributed by atoms with van der Waals surface area (Å²) in [5, 5.41) is 8.21. The smallest absolute Gasteiger partial charge is 0.322 e. The molecule has 3 amide bonds. The number of hydrogen-bond donors (Lipinski definition) is 4. The predicted molar refractivity (Wildman–Crippen MR) is 137 cm³/mol. The summed E-state index contributed by atoms with van der Waals surface area (Å²) in [6, 6.07) is 29.5. The van der Waals surface area contributed by atoms with Crippen LogP contribution in [-0.4, -0.2) is 20.4 Å². The molecule has 0 saturated carbocycles. The molecule has 176 valence electrons. The van der Waals surface area contributed by atoms with Gasteiger partial charge in [0.2, 0.25) is 0 Å². The molecule has 0 spiro atoms. The van der Waals surface area contributed by atoms with E-state index in [0.717, 1.165) is 0 Å². The van der Waals surface area contributed by atoms with E-state index >= 15 is 0 Å². The van der Waals surface area contributed by atoms with E-state index in [9.17, 15) is 18.0 Å². The van der Waals surface area contributed by atoms with Crippen molar-refractivity contribution in [2.24, 2.45) is 0 Å². The highest BCUT2D eigenvalue weighted by molar-refractivity contribution is 7.92. The van der Waals surface area contributed by atoms with Crippen LogP contribution in [0.3, 0.4) is 0 Å². The number of para-hydroxylation sites is 1. The lowest BCUT2D eigenvalue weighted by molar-refractivity contribution is 0.102. The minimum atomic E-state index is -3.71. The van der Waals surface area contributed by atoms with E-state index in [2.05, 4.69) is 20.7 Å². The van der Waals surface area contributed by atoms with Crippen LogP contribution >= 0.6 is 0 Å². The van der Waals surface area contributed by atoms with Crippen LogP contribution < -0.4 is 20.7 Å². The van der Waals surface area contributed by atoms with E-state index in [4.69, 9.17) is 0 Å². The van der Waals surface area contributed by atoms with Crippen molar-refractivity contribution in [3.8, 4) is 0 Å². The van der Waals surface area contributed by atoms with E-state index < -0.39 is 10.0 Å². The van der Waals surface area contributed by atoms with Crippen molar-refractivity contribution in [2.45, 2.75) is 4.90 Å². The first-order chi connectivity index (χ1) is 16.9. The number of urea groups is 1. The Hall–Kier alpha value is -4.63. The summed E-state index contributed by atoms with van der Waals surface area (Å²) in [6.07, 6.45) is 0. The molecule has 4 rings (SSSR count). The molecule has 4 aromatic rings. The van der Waals surface area contributed by atoms with Gasteiger partial charge in [-0.3, -0.25) is 9.52 Å². The standard InChI is InChI=1S/C26H22N4O4S/c31-25(19-11-13-23(14-12-19)30-35(33,34)24-9-5-2-6-10-24)27-21-15-17-22(18-16-21)29-26(32)28-20-7-3-1-4-8-20/h1-18,30H,(H,27,31)(H2,28,29,32). The molecule has 0 aliphatic carbocycles. The summed E-state index contributed by atoms with van der Waals surface area (Å²) in [5.74, 6) is -0.356. The Morgan fingerprint density at radius 3 is 1.54 bits per heavy atom. The van der Waals surface area contributed by atoms with Gasteiger partial charge in [0, 0.05) is 28.3 Å². The highest BCUT2D eigenvalue weighted by Crippen LogP contribution is 2.18. The van der Waals surface area contributed by atoms with E-state index in [1.54, 1.807) is 54.6 Å². The molecule has 9 heteroatoms. The highest BCUT2D eigenvalue weighted by Gasteiger charge is 2.14. The van der Waals surface area contributed by atoms with Crippen LogP contribution in [0.25, 0.3) is 0 Å². The molecular formula is C26H22N4O4S. The Balaban J connectivity index is 1.32. The summed E-state index contributed by atoms with van der Waals surface area (Å²) in [5.41, 5.74) is 2.48. The Bertz CT molecular complexity index is 1410. The third-order valence-corrected chi connectivity index (χ3v) is 6.28. The van der Waals surface area contributed by atoms with Crippen LogP contribution in [-0.2, 0) is 10.0 Å². The van der Waals surface area contributed by atoms with Gasteiger partial charge in [-0.1, -0.05) is 36.4 Å². The molecule has 0 unspecified atom stereocenters. The number of amides is 3. The molecule has 0 radical (unpaired) electrons. The number of hydrogen-bond acceptors (Lipinski definition) is 4.